The molecule has 0 radical (unpaired) electrons. The Morgan fingerprint density at radius 1 is 1.06 bits per heavy atom. The minimum Gasteiger partial charge on any atom is -0.328 e. The van der Waals surface area contributed by atoms with Crippen LogP contribution < -0.4 is 10.5 Å². The van der Waals surface area contributed by atoms with Crippen LogP contribution in [0, 0.1) is 0 Å². The van der Waals surface area contributed by atoms with Gasteiger partial charge in [0.15, 0.2) is 0 Å². The summed E-state index contributed by atoms with van der Waals surface area (Å²) in [6, 6.07) is 0.667. The first-order chi connectivity index (χ1) is 7.56. The number of hydrogen-bond donors (Lipinski definition) is 2. The number of nitrogens with two attached hydrogens (primary N) is 1. The van der Waals surface area contributed by atoms with E-state index in [9.17, 15) is 8.42 Å². The molecular formula is C10H19N3O2S. The van der Waals surface area contributed by atoms with Crippen molar-refractivity contribution in [1.29, 1.82) is 0 Å². The van der Waals surface area contributed by atoms with Crippen molar-refractivity contribution in [2.45, 2.75) is 62.7 Å². The molecule has 3 fully saturated rings. The van der Waals surface area contributed by atoms with Crippen LogP contribution in [0.1, 0.15) is 38.5 Å². The summed E-state index contributed by atoms with van der Waals surface area (Å²) < 4.78 is 28.8. The Hall–Kier alpha value is -0.170. The fourth-order valence-electron chi connectivity index (χ4n) is 3.04. The van der Waals surface area contributed by atoms with Crippen molar-refractivity contribution < 1.29 is 8.42 Å². The molecule has 0 spiro atoms. The maximum Gasteiger partial charge on any atom is 0.280 e. The lowest BCUT2D eigenvalue weighted by Crippen LogP contribution is -2.53. The zero-order valence-corrected chi connectivity index (χ0v) is 10.1. The van der Waals surface area contributed by atoms with E-state index in [1.54, 1.807) is 4.31 Å². The Morgan fingerprint density at radius 2 is 1.62 bits per heavy atom. The molecule has 5 nitrogen and oxygen atoms in total. The van der Waals surface area contributed by atoms with Gasteiger partial charge in [0, 0.05) is 24.2 Å². The smallest absolute Gasteiger partial charge is 0.280 e. The molecule has 6 heteroatoms. The van der Waals surface area contributed by atoms with Crippen LogP contribution >= 0.6 is 0 Å². The molecule has 0 aromatic rings. The van der Waals surface area contributed by atoms with Crippen LogP contribution in [-0.4, -0.2) is 36.9 Å². The first-order valence-corrected chi connectivity index (χ1v) is 7.56. The highest BCUT2D eigenvalue weighted by Crippen LogP contribution is 2.37. The van der Waals surface area contributed by atoms with E-state index in [-0.39, 0.29) is 24.2 Å². The van der Waals surface area contributed by atoms with Crippen molar-refractivity contribution in [2.24, 2.45) is 5.73 Å². The zero-order chi connectivity index (χ0) is 11.3. The van der Waals surface area contributed by atoms with Gasteiger partial charge < -0.3 is 5.73 Å². The summed E-state index contributed by atoms with van der Waals surface area (Å²) in [4.78, 5) is 0. The summed E-state index contributed by atoms with van der Waals surface area (Å²) in [6.45, 7) is 0. The van der Waals surface area contributed by atoms with E-state index in [4.69, 9.17) is 5.73 Å². The van der Waals surface area contributed by atoms with Gasteiger partial charge in [-0.05, 0) is 38.5 Å². The highest BCUT2D eigenvalue weighted by atomic mass is 32.2. The molecule has 92 valence electrons. The predicted octanol–water partition coefficient (Wildman–Crippen LogP) is -0.0627. The molecule has 16 heavy (non-hydrogen) atoms. The fourth-order valence-corrected chi connectivity index (χ4v) is 4.99. The van der Waals surface area contributed by atoms with Crippen LogP contribution in [0.4, 0.5) is 0 Å². The predicted molar refractivity (Wildman–Crippen MR) is 60.9 cm³/mol. The lowest BCUT2D eigenvalue weighted by Gasteiger charge is -2.36. The van der Waals surface area contributed by atoms with E-state index in [0.717, 1.165) is 38.5 Å². The van der Waals surface area contributed by atoms with Gasteiger partial charge in [-0.25, -0.2) is 0 Å². The molecule has 0 aromatic carbocycles. The summed E-state index contributed by atoms with van der Waals surface area (Å²) in [6.07, 6.45) is 5.57. The summed E-state index contributed by atoms with van der Waals surface area (Å²) in [5, 5.41) is 0. The van der Waals surface area contributed by atoms with Gasteiger partial charge in [-0.1, -0.05) is 0 Å². The molecule has 0 amide bonds. The molecule has 3 N–H and O–H groups in total. The average Bonchev–Trinajstić information content (AvgIpc) is 2.91. The number of nitrogens with one attached hydrogen (secondary N) is 1. The molecule has 3 aliphatic rings. The first-order valence-electron chi connectivity index (χ1n) is 6.12. The lowest BCUT2D eigenvalue weighted by molar-refractivity contribution is 0.224. The zero-order valence-electron chi connectivity index (χ0n) is 9.30. The number of hydrogen-bond acceptors (Lipinski definition) is 3. The van der Waals surface area contributed by atoms with Crippen molar-refractivity contribution in [3.63, 3.8) is 0 Å². The highest BCUT2D eigenvalue weighted by molar-refractivity contribution is 7.87. The van der Waals surface area contributed by atoms with Crippen molar-refractivity contribution in [3.05, 3.63) is 0 Å². The Bertz CT molecular complexity index is 366. The highest BCUT2D eigenvalue weighted by Gasteiger charge is 2.47. The largest absolute Gasteiger partial charge is 0.328 e. The molecule has 3 rings (SSSR count). The van der Waals surface area contributed by atoms with E-state index in [0.29, 0.717) is 0 Å². The summed E-state index contributed by atoms with van der Waals surface area (Å²) in [5.74, 6) is 0. The Balaban J connectivity index is 1.79. The van der Waals surface area contributed by atoms with Crippen molar-refractivity contribution in [3.8, 4) is 0 Å². The van der Waals surface area contributed by atoms with E-state index in [1.165, 1.54) is 0 Å². The molecule has 0 aromatic heterocycles. The number of nitrogens with zero attached hydrogens (tertiary/aromatic N) is 1. The van der Waals surface area contributed by atoms with Crippen LogP contribution in [0.5, 0.6) is 0 Å². The maximum atomic E-state index is 12.2. The molecule has 2 aliphatic heterocycles. The Labute approximate surface area is 96.6 Å². The molecule has 2 heterocycles. The standard InChI is InChI=1S/C10H19N3O2S/c11-7-5-9-3-4-10(6-7)13(9)16(14,15)12-8-1-2-8/h7-10,12H,1-6,11H2. The number of fused-ring (bicyclic) bond motifs is 2. The van der Waals surface area contributed by atoms with Gasteiger partial charge in [-0.3, -0.25) is 0 Å². The third kappa shape index (κ3) is 1.88. The fraction of sp³-hybridized carbons (Fsp3) is 1.00. The minimum absolute atomic E-state index is 0.144. The second-order valence-corrected chi connectivity index (χ2v) is 6.95. The van der Waals surface area contributed by atoms with E-state index in [1.807, 2.05) is 0 Å². The summed E-state index contributed by atoms with van der Waals surface area (Å²) in [7, 11) is -3.25. The molecule has 2 unspecified atom stereocenters. The monoisotopic (exact) mass is 245 g/mol. The van der Waals surface area contributed by atoms with Crippen molar-refractivity contribution in [2.75, 3.05) is 0 Å². The topological polar surface area (TPSA) is 75.4 Å². The molecular weight excluding hydrogens is 226 g/mol. The van der Waals surface area contributed by atoms with Crippen LogP contribution in [0.15, 0.2) is 0 Å². The van der Waals surface area contributed by atoms with Gasteiger partial charge in [-0.15, -0.1) is 0 Å². The molecule has 1 saturated carbocycles. The summed E-state index contributed by atoms with van der Waals surface area (Å²) >= 11 is 0. The van der Waals surface area contributed by atoms with Gasteiger partial charge >= 0.3 is 0 Å². The Kier molecular flexibility index (Phi) is 2.51. The molecule has 2 atom stereocenters. The van der Waals surface area contributed by atoms with Gasteiger partial charge in [0.1, 0.15) is 0 Å². The third-order valence-corrected chi connectivity index (χ3v) is 5.66. The molecule has 2 saturated heterocycles. The normalized spacial score (nSPS) is 40.2. The van der Waals surface area contributed by atoms with E-state index in [2.05, 4.69) is 4.72 Å². The van der Waals surface area contributed by atoms with Crippen LogP contribution in [0.2, 0.25) is 0 Å². The van der Waals surface area contributed by atoms with Gasteiger partial charge in [0.25, 0.3) is 10.2 Å². The first kappa shape index (κ1) is 11.0. The van der Waals surface area contributed by atoms with Gasteiger partial charge in [-0.2, -0.15) is 17.4 Å². The molecule has 2 bridgehead atoms. The Morgan fingerprint density at radius 3 is 2.12 bits per heavy atom. The van der Waals surface area contributed by atoms with Crippen molar-refractivity contribution in [1.82, 2.24) is 9.03 Å². The van der Waals surface area contributed by atoms with Crippen LogP contribution in [-0.2, 0) is 10.2 Å². The van der Waals surface area contributed by atoms with E-state index < -0.39 is 10.2 Å². The lowest BCUT2D eigenvalue weighted by atomic mass is 10.0. The summed E-state index contributed by atoms with van der Waals surface area (Å²) in [5.41, 5.74) is 5.93. The van der Waals surface area contributed by atoms with Gasteiger partial charge in [0.2, 0.25) is 0 Å². The average molecular weight is 245 g/mol. The molecule has 1 aliphatic carbocycles. The second kappa shape index (κ2) is 3.66. The number of rotatable bonds is 3. The minimum atomic E-state index is -3.25. The third-order valence-electron chi connectivity index (χ3n) is 3.87. The second-order valence-electron chi connectivity index (χ2n) is 5.34. The number of piperidine rings is 1. The maximum absolute atomic E-state index is 12.2. The van der Waals surface area contributed by atoms with Gasteiger partial charge in [0.05, 0.1) is 0 Å². The van der Waals surface area contributed by atoms with Crippen molar-refractivity contribution >= 4 is 10.2 Å². The van der Waals surface area contributed by atoms with E-state index >= 15 is 0 Å². The van der Waals surface area contributed by atoms with Crippen LogP contribution in [0.3, 0.4) is 0 Å². The SMILES string of the molecule is NC1CC2CCC(C1)N2S(=O)(=O)NC1CC1. The quantitative estimate of drug-likeness (QED) is 0.731. The van der Waals surface area contributed by atoms with Crippen LogP contribution in [0.25, 0.3) is 0 Å².